The minimum Gasteiger partial charge on any atom is -0.152 e. The molecule has 0 aliphatic carbocycles. The lowest BCUT2D eigenvalue weighted by atomic mass is 10.1. The molecule has 0 atom stereocenters. The molecular formula is C15H22S. The lowest BCUT2D eigenvalue weighted by Gasteiger charge is -1.96. The van der Waals surface area contributed by atoms with Crippen LogP contribution in [0.5, 0.6) is 0 Å². The highest BCUT2D eigenvalue weighted by atomic mass is 32.1. The Morgan fingerprint density at radius 2 is 2.00 bits per heavy atom. The average Bonchev–Trinajstić information content (AvgIpc) is 2.80. The van der Waals surface area contributed by atoms with Gasteiger partial charge in [0.05, 0.1) is 0 Å². The summed E-state index contributed by atoms with van der Waals surface area (Å²) in [4.78, 5) is 0. The molecule has 0 unspecified atom stereocenters. The minimum absolute atomic E-state index is 1.17. The maximum Gasteiger partial charge on any atom is -0.00145 e. The van der Waals surface area contributed by atoms with Gasteiger partial charge in [0, 0.05) is 0 Å². The molecule has 1 heterocycles. The summed E-state index contributed by atoms with van der Waals surface area (Å²) in [5.74, 6) is 0. The molecule has 0 spiro atoms. The first-order valence-corrected chi connectivity index (χ1v) is 7.31. The molecule has 0 fully saturated rings. The van der Waals surface area contributed by atoms with Crippen LogP contribution in [0.15, 0.2) is 28.6 Å². The zero-order chi connectivity index (χ0) is 11.5. The van der Waals surface area contributed by atoms with Crippen LogP contribution < -0.4 is 0 Å². The van der Waals surface area contributed by atoms with E-state index in [2.05, 4.69) is 41.6 Å². The van der Waals surface area contributed by atoms with Crippen molar-refractivity contribution in [2.75, 3.05) is 0 Å². The highest BCUT2D eigenvalue weighted by Gasteiger charge is 1.87. The molecule has 0 saturated heterocycles. The number of hydrogen-bond acceptors (Lipinski definition) is 1. The smallest absolute Gasteiger partial charge is 0.00145 e. The van der Waals surface area contributed by atoms with Crippen LogP contribution in [0.1, 0.15) is 57.4 Å². The molecule has 0 bridgehead atoms. The van der Waals surface area contributed by atoms with Crippen LogP contribution in [0.25, 0.3) is 6.08 Å². The predicted octanol–water partition coefficient (Wildman–Crippen LogP) is 5.67. The van der Waals surface area contributed by atoms with Gasteiger partial charge in [-0.05, 0) is 47.4 Å². The first-order chi connectivity index (χ1) is 7.93. The maximum absolute atomic E-state index is 3.25. The summed E-state index contributed by atoms with van der Waals surface area (Å²) in [7, 11) is 0. The Labute approximate surface area is 104 Å². The van der Waals surface area contributed by atoms with E-state index in [0.717, 1.165) is 0 Å². The fourth-order valence-corrected chi connectivity index (χ4v) is 2.24. The Bertz CT molecular complexity index is 302. The van der Waals surface area contributed by atoms with Crippen LogP contribution in [0.3, 0.4) is 0 Å². The van der Waals surface area contributed by atoms with E-state index in [1.165, 1.54) is 50.5 Å². The lowest BCUT2D eigenvalue weighted by molar-refractivity contribution is 0.611. The molecule has 0 aliphatic rings. The standard InChI is InChI=1S/C15H22S/c1-2-3-4-5-6-7-8-9-10-11-15-12-13-16-14-15/h9,11-14H,2-8H2,1H3. The molecule has 0 aromatic carbocycles. The summed E-state index contributed by atoms with van der Waals surface area (Å²) < 4.78 is 0. The Morgan fingerprint density at radius 1 is 1.19 bits per heavy atom. The van der Waals surface area contributed by atoms with Crippen molar-refractivity contribution in [2.24, 2.45) is 0 Å². The quantitative estimate of drug-likeness (QED) is 0.402. The van der Waals surface area contributed by atoms with Gasteiger partial charge >= 0.3 is 0 Å². The number of rotatable bonds is 8. The predicted molar refractivity (Wildman–Crippen MR) is 74.9 cm³/mol. The van der Waals surface area contributed by atoms with Gasteiger partial charge < -0.3 is 0 Å². The second-order valence-electron chi connectivity index (χ2n) is 4.13. The fraction of sp³-hybridized carbons (Fsp3) is 0.533. The Balaban J connectivity index is 2.00. The van der Waals surface area contributed by atoms with E-state index in [9.17, 15) is 0 Å². The lowest BCUT2D eigenvalue weighted by Crippen LogP contribution is -1.77. The van der Waals surface area contributed by atoms with Crippen molar-refractivity contribution < 1.29 is 0 Å². The van der Waals surface area contributed by atoms with Gasteiger partial charge in [-0.1, -0.05) is 39.0 Å². The van der Waals surface area contributed by atoms with E-state index in [1.54, 1.807) is 11.3 Å². The van der Waals surface area contributed by atoms with E-state index < -0.39 is 0 Å². The van der Waals surface area contributed by atoms with Gasteiger partial charge in [-0.25, -0.2) is 0 Å². The van der Waals surface area contributed by atoms with Crippen LogP contribution in [0, 0.1) is 0 Å². The van der Waals surface area contributed by atoms with Gasteiger partial charge in [0.15, 0.2) is 0 Å². The summed E-state index contributed by atoms with van der Waals surface area (Å²) in [6.07, 6.45) is 13.6. The SMILES string of the molecule is CCCCCCCCC=C=Cc1ccsc1. The van der Waals surface area contributed by atoms with Gasteiger partial charge in [0.25, 0.3) is 0 Å². The Kier molecular flexibility index (Phi) is 7.84. The summed E-state index contributed by atoms with van der Waals surface area (Å²) >= 11 is 1.73. The van der Waals surface area contributed by atoms with Crippen molar-refractivity contribution in [3.8, 4) is 0 Å². The van der Waals surface area contributed by atoms with E-state index in [0.29, 0.717) is 0 Å². The normalized spacial score (nSPS) is 9.81. The van der Waals surface area contributed by atoms with Gasteiger partial charge in [-0.2, -0.15) is 11.3 Å². The van der Waals surface area contributed by atoms with Crippen LogP contribution >= 0.6 is 11.3 Å². The molecule has 16 heavy (non-hydrogen) atoms. The van der Waals surface area contributed by atoms with Gasteiger partial charge in [-0.3, -0.25) is 0 Å². The van der Waals surface area contributed by atoms with Gasteiger partial charge in [-0.15, -0.1) is 5.73 Å². The van der Waals surface area contributed by atoms with E-state index in [-0.39, 0.29) is 0 Å². The van der Waals surface area contributed by atoms with E-state index in [1.807, 2.05) is 0 Å². The molecule has 1 heteroatoms. The van der Waals surface area contributed by atoms with E-state index in [4.69, 9.17) is 0 Å². The zero-order valence-corrected chi connectivity index (χ0v) is 11.1. The van der Waals surface area contributed by atoms with Crippen molar-refractivity contribution in [1.82, 2.24) is 0 Å². The third-order valence-corrected chi connectivity index (χ3v) is 3.31. The summed E-state index contributed by atoms with van der Waals surface area (Å²) in [5.41, 5.74) is 4.51. The maximum atomic E-state index is 3.25. The summed E-state index contributed by atoms with van der Waals surface area (Å²) in [6.45, 7) is 2.26. The number of thiophene rings is 1. The highest BCUT2D eigenvalue weighted by molar-refractivity contribution is 7.08. The third kappa shape index (κ3) is 6.66. The molecule has 0 nitrogen and oxygen atoms in total. The van der Waals surface area contributed by atoms with Crippen molar-refractivity contribution in [1.29, 1.82) is 0 Å². The molecule has 0 N–H and O–H groups in total. The average molecular weight is 234 g/mol. The second-order valence-corrected chi connectivity index (χ2v) is 4.91. The number of unbranched alkanes of at least 4 members (excludes halogenated alkanes) is 6. The Morgan fingerprint density at radius 3 is 2.75 bits per heavy atom. The van der Waals surface area contributed by atoms with Crippen LogP contribution in [0.4, 0.5) is 0 Å². The van der Waals surface area contributed by atoms with Crippen LogP contribution in [-0.2, 0) is 0 Å². The summed E-state index contributed by atoms with van der Waals surface area (Å²) in [5, 5.41) is 4.24. The van der Waals surface area contributed by atoms with Crippen molar-refractivity contribution in [3.63, 3.8) is 0 Å². The van der Waals surface area contributed by atoms with E-state index >= 15 is 0 Å². The molecule has 1 rings (SSSR count). The summed E-state index contributed by atoms with van der Waals surface area (Å²) in [6, 6.07) is 2.12. The molecule has 0 aliphatic heterocycles. The molecule has 0 amide bonds. The molecule has 1 aromatic heterocycles. The molecule has 0 radical (unpaired) electrons. The molecular weight excluding hydrogens is 212 g/mol. The largest absolute Gasteiger partial charge is 0.152 e. The van der Waals surface area contributed by atoms with Crippen molar-refractivity contribution >= 4 is 17.4 Å². The first-order valence-electron chi connectivity index (χ1n) is 6.36. The first kappa shape index (κ1) is 13.3. The topological polar surface area (TPSA) is 0 Å². The van der Waals surface area contributed by atoms with Gasteiger partial charge in [0.2, 0.25) is 0 Å². The number of allylic oxidation sites excluding steroid dienone is 1. The zero-order valence-electron chi connectivity index (χ0n) is 10.2. The van der Waals surface area contributed by atoms with Crippen molar-refractivity contribution in [2.45, 2.75) is 51.9 Å². The fourth-order valence-electron chi connectivity index (χ4n) is 1.62. The Hall–Kier alpha value is -0.780. The second kappa shape index (κ2) is 9.45. The van der Waals surface area contributed by atoms with Crippen LogP contribution in [0.2, 0.25) is 0 Å². The monoisotopic (exact) mass is 234 g/mol. The minimum atomic E-state index is 1.17. The van der Waals surface area contributed by atoms with Crippen LogP contribution in [-0.4, -0.2) is 0 Å². The highest BCUT2D eigenvalue weighted by Crippen LogP contribution is 2.08. The molecule has 1 aromatic rings. The number of hydrogen-bond donors (Lipinski definition) is 0. The van der Waals surface area contributed by atoms with Crippen molar-refractivity contribution in [3.05, 3.63) is 34.2 Å². The molecule has 0 saturated carbocycles. The van der Waals surface area contributed by atoms with Gasteiger partial charge in [0.1, 0.15) is 0 Å². The molecule has 88 valence electrons. The third-order valence-electron chi connectivity index (χ3n) is 2.61.